The highest BCUT2D eigenvalue weighted by molar-refractivity contribution is 6.10. The van der Waals surface area contributed by atoms with E-state index in [4.69, 9.17) is 0 Å². The molecular weight excluding hydrogens is 827 g/mol. The smallest absolute Gasteiger partial charge is 0.123 e. The van der Waals surface area contributed by atoms with Crippen molar-refractivity contribution in [1.82, 2.24) is 9.13 Å². The average Bonchev–Trinajstić information content (AvgIpc) is 3.87. The normalized spacial score (nSPS) is 11.5. The Hall–Kier alpha value is -8.74. The number of fused-ring (bicyclic) bond motifs is 4. The van der Waals surface area contributed by atoms with E-state index in [9.17, 15) is 8.78 Å². The molecule has 0 aliphatic carbocycles. The van der Waals surface area contributed by atoms with Gasteiger partial charge in [0.2, 0.25) is 0 Å². The number of anilines is 6. The number of hydrogen-bond acceptors (Lipinski definition) is 2. The third kappa shape index (κ3) is 7.44. The minimum absolute atomic E-state index is 0.257. The maximum atomic E-state index is 14.1. The predicted molar refractivity (Wildman–Crippen MR) is 277 cm³/mol. The fraction of sp³-hybridized carbons (Fsp3) is 0.0164. The second-order valence-electron chi connectivity index (χ2n) is 16.5. The fourth-order valence-electron chi connectivity index (χ4n) is 9.49. The van der Waals surface area contributed by atoms with Gasteiger partial charge in [-0.15, -0.1) is 0 Å². The first-order valence-corrected chi connectivity index (χ1v) is 22.4. The van der Waals surface area contributed by atoms with Crippen LogP contribution in [0.5, 0.6) is 0 Å². The molecule has 0 N–H and O–H groups in total. The second-order valence-corrected chi connectivity index (χ2v) is 16.5. The Balaban J connectivity index is 0.949. The van der Waals surface area contributed by atoms with Crippen LogP contribution in [-0.2, 0) is 0 Å². The molecule has 4 nitrogen and oxygen atoms in total. The van der Waals surface area contributed by atoms with E-state index in [2.05, 4.69) is 183 Å². The van der Waals surface area contributed by atoms with E-state index >= 15 is 0 Å². The molecule has 322 valence electrons. The molecule has 0 saturated heterocycles. The van der Waals surface area contributed by atoms with Crippen LogP contribution >= 0.6 is 0 Å². The summed E-state index contributed by atoms with van der Waals surface area (Å²) in [5.41, 5.74) is 15.3. The highest BCUT2D eigenvalue weighted by atomic mass is 19.1. The minimum Gasteiger partial charge on any atom is -0.310 e. The molecule has 0 amide bonds. The second kappa shape index (κ2) is 17.3. The summed E-state index contributed by atoms with van der Waals surface area (Å²) in [7, 11) is 0. The van der Waals surface area contributed by atoms with Crippen molar-refractivity contribution in [3.63, 3.8) is 0 Å². The van der Waals surface area contributed by atoms with E-state index in [1.165, 1.54) is 24.3 Å². The number of nitrogens with zero attached hydrogens (tertiary/aromatic N) is 4. The average molecular weight is 871 g/mol. The van der Waals surface area contributed by atoms with Crippen LogP contribution in [0.15, 0.2) is 231 Å². The van der Waals surface area contributed by atoms with Gasteiger partial charge in [0.05, 0.1) is 22.2 Å². The number of benzene rings is 9. The van der Waals surface area contributed by atoms with Crippen molar-refractivity contribution in [2.45, 2.75) is 6.92 Å². The largest absolute Gasteiger partial charge is 0.310 e. The maximum absolute atomic E-state index is 14.1. The molecule has 0 bridgehead atoms. The topological polar surface area (TPSA) is 16.3 Å². The van der Waals surface area contributed by atoms with Gasteiger partial charge in [0.1, 0.15) is 11.6 Å². The Bertz CT molecular complexity index is 3590. The van der Waals surface area contributed by atoms with Crippen LogP contribution in [-0.4, -0.2) is 9.13 Å². The van der Waals surface area contributed by atoms with Gasteiger partial charge in [0, 0.05) is 67.2 Å². The molecule has 0 unspecified atom stereocenters. The summed E-state index contributed by atoms with van der Waals surface area (Å²) in [5.74, 6) is -0.529. The lowest BCUT2D eigenvalue weighted by Gasteiger charge is -2.26. The third-order valence-corrected chi connectivity index (χ3v) is 12.5. The molecule has 11 rings (SSSR count). The molecule has 9 aromatic carbocycles. The monoisotopic (exact) mass is 870 g/mol. The molecule has 0 spiro atoms. The van der Waals surface area contributed by atoms with Crippen LogP contribution in [0.25, 0.3) is 67.4 Å². The maximum Gasteiger partial charge on any atom is 0.123 e. The van der Waals surface area contributed by atoms with Gasteiger partial charge in [-0.25, -0.2) is 8.78 Å². The minimum atomic E-state index is -0.272. The van der Waals surface area contributed by atoms with Gasteiger partial charge in [0.25, 0.3) is 0 Å². The third-order valence-electron chi connectivity index (χ3n) is 12.5. The summed E-state index contributed by atoms with van der Waals surface area (Å²) in [6.07, 6.45) is 6.01. The first kappa shape index (κ1) is 41.0. The lowest BCUT2D eigenvalue weighted by molar-refractivity contribution is 0.627. The predicted octanol–water partition coefficient (Wildman–Crippen LogP) is 17.3. The molecule has 0 radical (unpaired) electrons. The lowest BCUT2D eigenvalue weighted by atomic mass is 10.0. The van der Waals surface area contributed by atoms with E-state index in [-0.39, 0.29) is 11.6 Å². The van der Waals surface area contributed by atoms with Crippen LogP contribution in [0.4, 0.5) is 42.9 Å². The molecule has 0 aliphatic heterocycles. The SMILES string of the molecule is C=Cc1c(/C=C\C)n(-c2ccc(F)cc2)c2ccc(N(c3ccccc3)c3ccc(-c4ccc(N(c5ccccc5)c5ccc6c(c5)c5ccccc5n6-c5ccc(F)cc5)cc4)cc3)cc12. The number of hydrogen-bond donors (Lipinski definition) is 0. The molecule has 2 aromatic heterocycles. The number of halogens is 2. The lowest BCUT2D eigenvalue weighted by Crippen LogP contribution is -2.10. The number of aromatic nitrogens is 2. The standard InChI is InChI=1S/C61H44F2N4/c1-3-13-58-54(4-2)56-40-52(36-38-60(56)66(58)50-32-24-44(62)25-33-50)64(46-14-7-5-8-15-46)48-28-20-42(21-29-48)43-22-30-49(31-23-43)65(47-16-9-6-10-17-47)53-37-39-61-57(41-53)55-18-11-12-19-59(55)67(61)51-34-26-45(63)27-35-51/h3-41H,2H2,1H3/b13-3-. The van der Waals surface area contributed by atoms with Crippen molar-refractivity contribution in [3.8, 4) is 22.5 Å². The highest BCUT2D eigenvalue weighted by Gasteiger charge is 2.21. The van der Waals surface area contributed by atoms with Crippen molar-refractivity contribution >= 4 is 79.0 Å². The zero-order chi connectivity index (χ0) is 45.4. The van der Waals surface area contributed by atoms with Crippen LogP contribution < -0.4 is 9.80 Å². The van der Waals surface area contributed by atoms with Gasteiger partial charge in [0.15, 0.2) is 0 Å². The number of rotatable bonds is 11. The van der Waals surface area contributed by atoms with E-state index < -0.39 is 0 Å². The van der Waals surface area contributed by atoms with Gasteiger partial charge < -0.3 is 18.9 Å². The first-order chi connectivity index (χ1) is 33.0. The van der Waals surface area contributed by atoms with Gasteiger partial charge >= 0.3 is 0 Å². The van der Waals surface area contributed by atoms with Crippen molar-refractivity contribution in [3.05, 3.63) is 254 Å². The summed E-state index contributed by atoms with van der Waals surface area (Å²) >= 11 is 0. The quantitative estimate of drug-likeness (QED) is 0.129. The highest BCUT2D eigenvalue weighted by Crippen LogP contribution is 2.42. The zero-order valence-electron chi connectivity index (χ0n) is 36.8. The van der Waals surface area contributed by atoms with E-state index in [0.29, 0.717) is 0 Å². The van der Waals surface area contributed by atoms with Gasteiger partial charge in [-0.05, 0) is 164 Å². The zero-order valence-corrected chi connectivity index (χ0v) is 36.8. The Morgan fingerprint density at radius 2 is 0.821 bits per heavy atom. The van der Waals surface area contributed by atoms with Crippen LogP contribution in [0, 0.1) is 11.6 Å². The fourth-order valence-corrected chi connectivity index (χ4v) is 9.49. The summed E-state index contributed by atoms with van der Waals surface area (Å²) in [6, 6.07) is 73.1. The summed E-state index contributed by atoms with van der Waals surface area (Å²) in [6.45, 7) is 6.22. The Kier molecular flexibility index (Phi) is 10.6. The van der Waals surface area contributed by atoms with Gasteiger partial charge in [-0.1, -0.05) is 97.6 Å². The van der Waals surface area contributed by atoms with Crippen molar-refractivity contribution in [1.29, 1.82) is 0 Å². The molecule has 0 saturated carbocycles. The Labute approximate surface area is 388 Å². The van der Waals surface area contributed by atoms with E-state index in [1.807, 2.05) is 61.5 Å². The Morgan fingerprint density at radius 3 is 1.33 bits per heavy atom. The number of para-hydroxylation sites is 3. The Morgan fingerprint density at radius 1 is 0.403 bits per heavy atom. The molecule has 0 fully saturated rings. The number of allylic oxidation sites excluding steroid dienone is 1. The van der Waals surface area contributed by atoms with Crippen molar-refractivity contribution in [2.75, 3.05) is 9.80 Å². The van der Waals surface area contributed by atoms with Crippen LogP contribution in [0.1, 0.15) is 18.2 Å². The van der Waals surface area contributed by atoms with Gasteiger partial charge in [-0.2, -0.15) is 0 Å². The van der Waals surface area contributed by atoms with Crippen molar-refractivity contribution < 1.29 is 8.78 Å². The molecule has 0 atom stereocenters. The van der Waals surface area contributed by atoms with Crippen molar-refractivity contribution in [2.24, 2.45) is 0 Å². The summed E-state index contributed by atoms with van der Waals surface area (Å²) in [4.78, 5) is 4.56. The molecular formula is C61H44F2N4. The van der Waals surface area contributed by atoms with Crippen LogP contribution in [0.3, 0.4) is 0 Å². The summed E-state index contributed by atoms with van der Waals surface area (Å²) < 4.78 is 32.4. The first-order valence-electron chi connectivity index (χ1n) is 22.4. The van der Waals surface area contributed by atoms with Gasteiger partial charge in [-0.3, -0.25) is 0 Å². The van der Waals surface area contributed by atoms with E-state index in [1.54, 1.807) is 0 Å². The molecule has 67 heavy (non-hydrogen) atoms. The molecule has 2 heterocycles. The summed E-state index contributed by atoms with van der Waals surface area (Å²) in [5, 5.41) is 3.29. The molecule has 11 aromatic rings. The molecule has 6 heteroatoms. The van der Waals surface area contributed by atoms with E-state index in [0.717, 1.165) is 101 Å². The van der Waals surface area contributed by atoms with Crippen LogP contribution in [0.2, 0.25) is 0 Å². The molecule has 0 aliphatic rings.